The van der Waals surface area contributed by atoms with Gasteiger partial charge in [0, 0.05) is 37.9 Å². The fourth-order valence-corrected chi connectivity index (χ4v) is 1.57. The molecule has 0 bridgehead atoms. The second-order valence-corrected chi connectivity index (χ2v) is 4.05. The van der Waals surface area contributed by atoms with Gasteiger partial charge in [-0.1, -0.05) is 13.8 Å². The molecule has 0 aromatic carbocycles. The quantitative estimate of drug-likeness (QED) is 0.746. The highest BCUT2D eigenvalue weighted by Crippen LogP contribution is 2.00. The van der Waals surface area contributed by atoms with Gasteiger partial charge in [0.15, 0.2) is 0 Å². The zero-order chi connectivity index (χ0) is 11.1. The van der Waals surface area contributed by atoms with Crippen LogP contribution in [-0.4, -0.2) is 22.1 Å². The first kappa shape index (κ1) is 12.2. The molecule has 1 atom stereocenters. The average Bonchev–Trinajstić information content (AvgIpc) is 2.66. The van der Waals surface area contributed by atoms with Crippen LogP contribution in [0.4, 0.5) is 0 Å². The summed E-state index contributed by atoms with van der Waals surface area (Å²) in [5.41, 5.74) is 0. The van der Waals surface area contributed by atoms with Crippen LogP contribution < -0.4 is 5.32 Å². The van der Waals surface area contributed by atoms with E-state index in [1.807, 2.05) is 6.20 Å². The summed E-state index contributed by atoms with van der Waals surface area (Å²) in [7, 11) is 0. The number of nitrogens with zero attached hydrogens (tertiary/aromatic N) is 2. The Balaban J connectivity index is 2.33. The highest BCUT2D eigenvalue weighted by Gasteiger charge is 2.01. The molecule has 0 aliphatic rings. The van der Waals surface area contributed by atoms with Crippen molar-refractivity contribution < 1.29 is 0 Å². The smallest absolute Gasteiger partial charge is 0.108 e. The minimum atomic E-state index is 0.614. The van der Waals surface area contributed by atoms with E-state index in [1.165, 1.54) is 12.2 Å². The van der Waals surface area contributed by atoms with Crippen molar-refractivity contribution >= 4 is 0 Å². The van der Waals surface area contributed by atoms with Crippen LogP contribution in [0.2, 0.25) is 0 Å². The zero-order valence-corrected chi connectivity index (χ0v) is 10.2. The van der Waals surface area contributed by atoms with Crippen LogP contribution >= 0.6 is 0 Å². The van der Waals surface area contributed by atoms with Crippen LogP contribution in [0.25, 0.3) is 0 Å². The molecule has 1 heterocycles. The molecule has 1 rings (SSSR count). The third kappa shape index (κ3) is 4.04. The van der Waals surface area contributed by atoms with Gasteiger partial charge in [-0.25, -0.2) is 4.98 Å². The lowest BCUT2D eigenvalue weighted by Crippen LogP contribution is -2.28. The molecule has 0 fully saturated rings. The molecule has 1 N–H and O–H groups in total. The van der Waals surface area contributed by atoms with Crippen molar-refractivity contribution in [1.82, 2.24) is 14.9 Å². The summed E-state index contributed by atoms with van der Waals surface area (Å²) >= 11 is 0. The third-order valence-corrected chi connectivity index (χ3v) is 2.73. The zero-order valence-electron chi connectivity index (χ0n) is 10.2. The minimum absolute atomic E-state index is 0.614. The summed E-state index contributed by atoms with van der Waals surface area (Å²) in [6, 6.07) is 0.614. The van der Waals surface area contributed by atoms with Gasteiger partial charge in [-0.3, -0.25) is 0 Å². The van der Waals surface area contributed by atoms with Crippen molar-refractivity contribution in [2.45, 2.75) is 52.6 Å². The van der Waals surface area contributed by atoms with Crippen molar-refractivity contribution in [2.75, 3.05) is 6.54 Å². The van der Waals surface area contributed by atoms with Crippen LogP contribution in [0.15, 0.2) is 12.4 Å². The first-order chi connectivity index (χ1) is 7.27. The summed E-state index contributed by atoms with van der Waals surface area (Å²) in [4.78, 5) is 4.36. The second kappa shape index (κ2) is 6.62. The molecule has 1 unspecified atom stereocenters. The molecule has 3 nitrogen and oxygen atoms in total. The van der Waals surface area contributed by atoms with Gasteiger partial charge in [0.05, 0.1) is 0 Å². The number of aryl methyl sites for hydroxylation is 1. The van der Waals surface area contributed by atoms with Gasteiger partial charge in [0.25, 0.3) is 0 Å². The lowest BCUT2D eigenvalue weighted by Gasteiger charge is -2.12. The van der Waals surface area contributed by atoms with Crippen LogP contribution in [0.3, 0.4) is 0 Å². The number of nitrogens with one attached hydrogen (secondary N) is 1. The fraction of sp³-hybridized carbons (Fsp3) is 0.750. The molecule has 86 valence electrons. The molecule has 0 spiro atoms. The number of hydrogen-bond acceptors (Lipinski definition) is 2. The predicted molar refractivity (Wildman–Crippen MR) is 64.0 cm³/mol. The van der Waals surface area contributed by atoms with E-state index >= 15 is 0 Å². The van der Waals surface area contributed by atoms with Crippen molar-refractivity contribution in [3.05, 3.63) is 18.2 Å². The van der Waals surface area contributed by atoms with Crippen molar-refractivity contribution in [1.29, 1.82) is 0 Å². The highest BCUT2D eigenvalue weighted by molar-refractivity contribution is 4.92. The summed E-state index contributed by atoms with van der Waals surface area (Å²) in [6.45, 7) is 8.68. The molecule has 3 heteroatoms. The van der Waals surface area contributed by atoms with E-state index in [-0.39, 0.29) is 0 Å². The van der Waals surface area contributed by atoms with E-state index < -0.39 is 0 Å². The molecule has 0 saturated carbocycles. The van der Waals surface area contributed by atoms with Gasteiger partial charge in [0.1, 0.15) is 5.82 Å². The summed E-state index contributed by atoms with van der Waals surface area (Å²) in [6.07, 6.45) is 7.40. The number of hydrogen-bond donors (Lipinski definition) is 1. The number of imidazole rings is 1. The predicted octanol–water partition coefficient (Wildman–Crippen LogP) is 2.22. The van der Waals surface area contributed by atoms with Crippen molar-refractivity contribution in [3.63, 3.8) is 0 Å². The van der Waals surface area contributed by atoms with Crippen LogP contribution in [0, 0.1) is 0 Å². The molecule has 0 saturated heterocycles. The molecule has 1 aromatic heterocycles. The Morgan fingerprint density at radius 3 is 2.93 bits per heavy atom. The van der Waals surface area contributed by atoms with Gasteiger partial charge < -0.3 is 9.88 Å². The van der Waals surface area contributed by atoms with E-state index in [2.05, 4.69) is 41.8 Å². The Bertz CT molecular complexity index is 268. The summed E-state index contributed by atoms with van der Waals surface area (Å²) in [5, 5.41) is 3.49. The van der Waals surface area contributed by atoms with E-state index in [9.17, 15) is 0 Å². The maximum Gasteiger partial charge on any atom is 0.108 e. The third-order valence-electron chi connectivity index (χ3n) is 2.73. The molecule has 0 amide bonds. The summed E-state index contributed by atoms with van der Waals surface area (Å²) in [5.74, 6) is 1.21. The standard InChI is InChI=1S/C12H23N3/c1-4-6-12-14-8-10-15(12)9-7-13-11(3)5-2/h8,10-11,13H,4-7,9H2,1-3H3. The Labute approximate surface area is 92.9 Å². The lowest BCUT2D eigenvalue weighted by atomic mass is 10.2. The maximum absolute atomic E-state index is 4.36. The normalized spacial score (nSPS) is 13.0. The topological polar surface area (TPSA) is 29.9 Å². The van der Waals surface area contributed by atoms with Gasteiger partial charge in [-0.2, -0.15) is 0 Å². The van der Waals surface area contributed by atoms with E-state index in [4.69, 9.17) is 0 Å². The van der Waals surface area contributed by atoms with E-state index in [0.29, 0.717) is 6.04 Å². The number of aromatic nitrogens is 2. The minimum Gasteiger partial charge on any atom is -0.334 e. The fourth-order valence-electron chi connectivity index (χ4n) is 1.57. The Morgan fingerprint density at radius 2 is 2.27 bits per heavy atom. The first-order valence-corrected chi connectivity index (χ1v) is 6.01. The Kier molecular flexibility index (Phi) is 5.40. The van der Waals surface area contributed by atoms with Gasteiger partial charge in [-0.05, 0) is 19.8 Å². The molecule has 15 heavy (non-hydrogen) atoms. The maximum atomic E-state index is 4.36. The highest BCUT2D eigenvalue weighted by atomic mass is 15.1. The Morgan fingerprint density at radius 1 is 1.47 bits per heavy atom. The SMILES string of the molecule is CCCc1nccn1CCNC(C)CC. The first-order valence-electron chi connectivity index (χ1n) is 6.01. The second-order valence-electron chi connectivity index (χ2n) is 4.05. The molecule has 0 aliphatic carbocycles. The van der Waals surface area contributed by atoms with Crippen molar-refractivity contribution in [3.8, 4) is 0 Å². The number of rotatable bonds is 7. The largest absolute Gasteiger partial charge is 0.334 e. The average molecular weight is 209 g/mol. The molecular weight excluding hydrogens is 186 g/mol. The molecule has 0 aliphatic heterocycles. The van der Waals surface area contributed by atoms with Gasteiger partial charge in [0.2, 0.25) is 0 Å². The monoisotopic (exact) mass is 209 g/mol. The van der Waals surface area contributed by atoms with Gasteiger partial charge in [-0.15, -0.1) is 0 Å². The van der Waals surface area contributed by atoms with E-state index in [1.54, 1.807) is 0 Å². The van der Waals surface area contributed by atoms with Crippen LogP contribution in [-0.2, 0) is 13.0 Å². The molecular formula is C12H23N3. The van der Waals surface area contributed by atoms with E-state index in [0.717, 1.165) is 25.9 Å². The van der Waals surface area contributed by atoms with Crippen LogP contribution in [0.1, 0.15) is 39.4 Å². The summed E-state index contributed by atoms with van der Waals surface area (Å²) < 4.78 is 2.25. The van der Waals surface area contributed by atoms with Crippen LogP contribution in [0.5, 0.6) is 0 Å². The van der Waals surface area contributed by atoms with Gasteiger partial charge >= 0.3 is 0 Å². The molecule has 0 radical (unpaired) electrons. The van der Waals surface area contributed by atoms with Crippen molar-refractivity contribution in [2.24, 2.45) is 0 Å². The lowest BCUT2D eigenvalue weighted by molar-refractivity contribution is 0.497. The molecule has 1 aromatic rings. The Hall–Kier alpha value is -0.830.